The highest BCUT2D eigenvalue weighted by Gasteiger charge is 2.40. The number of rotatable bonds is 4. The molecule has 2 bridgehead atoms. The molecule has 1 fully saturated rings. The van der Waals surface area contributed by atoms with Crippen LogP contribution in [-0.4, -0.2) is 53.8 Å². The van der Waals surface area contributed by atoms with Gasteiger partial charge in [-0.1, -0.05) is 37.1 Å². The number of pyridine rings is 1. The maximum Gasteiger partial charge on any atom is 0.316 e. The van der Waals surface area contributed by atoms with Crippen molar-refractivity contribution in [2.45, 2.75) is 38.6 Å². The SMILES string of the molecule is COC(=O)Cc1ccc2c(c1)NC(=O)[C@H](C)CCC[C@H](N1CCN(c3c(F)ccc(Cl)c3F)C(=O)C1=O)c1cc-2ccn1. The number of carbonyl (C=O) groups excluding carboxylic acids is 4. The van der Waals surface area contributed by atoms with Gasteiger partial charge in [-0.3, -0.25) is 29.1 Å². The Hall–Kier alpha value is -4.38. The first kappa shape index (κ1) is 30.1. The van der Waals surface area contributed by atoms with Gasteiger partial charge in [-0.05, 0) is 54.3 Å². The molecule has 224 valence electrons. The van der Waals surface area contributed by atoms with Gasteiger partial charge in [0, 0.05) is 36.5 Å². The van der Waals surface area contributed by atoms with Crippen LogP contribution in [0.1, 0.15) is 43.5 Å². The molecule has 0 aliphatic carbocycles. The zero-order valence-electron chi connectivity index (χ0n) is 23.5. The maximum absolute atomic E-state index is 14.7. The van der Waals surface area contributed by atoms with E-state index in [0.717, 1.165) is 17.0 Å². The van der Waals surface area contributed by atoms with Crippen LogP contribution in [0.4, 0.5) is 20.2 Å². The van der Waals surface area contributed by atoms with Crippen LogP contribution in [-0.2, 0) is 30.3 Å². The monoisotopic (exact) mass is 610 g/mol. The highest BCUT2D eigenvalue weighted by molar-refractivity contribution is 6.41. The molecular formula is C31H29ClF2N4O5. The van der Waals surface area contributed by atoms with Crippen molar-refractivity contribution in [3.05, 3.63) is 76.6 Å². The van der Waals surface area contributed by atoms with Crippen molar-refractivity contribution in [1.82, 2.24) is 9.88 Å². The first-order valence-corrected chi connectivity index (χ1v) is 14.2. The molecule has 1 saturated heterocycles. The molecule has 0 radical (unpaired) electrons. The molecule has 1 aromatic heterocycles. The van der Waals surface area contributed by atoms with Crippen LogP contribution in [0.3, 0.4) is 0 Å². The standard InChI is InChI=1S/C31H29ClF2N4O5/c1-17-4-3-5-25(37-12-13-38(31(42)30(37)41)28-22(33)9-8-21(32)27(28)34)24-16-19(10-11-35-24)20-7-6-18(15-26(39)43-2)14-23(20)36-29(17)40/h6-11,14,16-17,25H,3-5,12-13,15H2,1-2H3,(H,36,40)/t17-,25+/m1/s1. The van der Waals surface area contributed by atoms with E-state index < -0.39 is 41.1 Å². The van der Waals surface area contributed by atoms with E-state index in [1.54, 1.807) is 43.5 Å². The Morgan fingerprint density at radius 2 is 1.86 bits per heavy atom. The Balaban J connectivity index is 1.51. The number of aromatic nitrogens is 1. The Kier molecular flexibility index (Phi) is 8.72. The Labute approximate surface area is 251 Å². The normalized spacial score (nSPS) is 19.2. The van der Waals surface area contributed by atoms with Crippen LogP contribution in [0.5, 0.6) is 0 Å². The third-order valence-electron chi connectivity index (χ3n) is 7.83. The number of carbonyl (C=O) groups is 4. The summed E-state index contributed by atoms with van der Waals surface area (Å²) in [5.74, 6) is -5.12. The second-order valence-corrected chi connectivity index (χ2v) is 11.0. The molecule has 2 aliphatic heterocycles. The van der Waals surface area contributed by atoms with Crippen molar-refractivity contribution in [3.8, 4) is 11.1 Å². The maximum atomic E-state index is 14.7. The van der Waals surface area contributed by atoms with E-state index in [0.29, 0.717) is 47.3 Å². The van der Waals surface area contributed by atoms with Gasteiger partial charge < -0.3 is 15.0 Å². The molecule has 43 heavy (non-hydrogen) atoms. The highest BCUT2D eigenvalue weighted by Crippen LogP contribution is 2.36. The quantitative estimate of drug-likeness (QED) is 0.251. The minimum Gasteiger partial charge on any atom is -0.469 e. The minimum absolute atomic E-state index is 0.00391. The number of hydrogen-bond donors (Lipinski definition) is 1. The molecular weight excluding hydrogens is 582 g/mol. The van der Waals surface area contributed by atoms with E-state index in [1.165, 1.54) is 12.0 Å². The Morgan fingerprint density at radius 3 is 2.63 bits per heavy atom. The average Bonchev–Trinajstić information content (AvgIpc) is 2.99. The van der Waals surface area contributed by atoms with Gasteiger partial charge in [0.15, 0.2) is 5.82 Å². The fourth-order valence-electron chi connectivity index (χ4n) is 5.48. The third kappa shape index (κ3) is 6.08. The van der Waals surface area contributed by atoms with E-state index >= 15 is 0 Å². The topological polar surface area (TPSA) is 109 Å². The fraction of sp³-hybridized carbons (Fsp3) is 0.323. The van der Waals surface area contributed by atoms with E-state index in [2.05, 4.69) is 10.3 Å². The van der Waals surface area contributed by atoms with Crippen LogP contribution in [0.25, 0.3) is 11.1 Å². The number of anilines is 2. The molecule has 3 heterocycles. The van der Waals surface area contributed by atoms with Crippen molar-refractivity contribution < 1.29 is 32.7 Å². The summed E-state index contributed by atoms with van der Waals surface area (Å²) < 4.78 is 34.1. The molecule has 3 amide bonds. The van der Waals surface area contributed by atoms with Crippen LogP contribution < -0.4 is 10.2 Å². The first-order valence-electron chi connectivity index (χ1n) is 13.8. The van der Waals surface area contributed by atoms with Crippen LogP contribution in [0, 0.1) is 17.6 Å². The summed E-state index contributed by atoms with van der Waals surface area (Å²) in [5, 5.41) is 2.63. The van der Waals surface area contributed by atoms with Gasteiger partial charge in [-0.25, -0.2) is 8.78 Å². The third-order valence-corrected chi connectivity index (χ3v) is 8.13. The van der Waals surface area contributed by atoms with Gasteiger partial charge >= 0.3 is 17.8 Å². The molecule has 2 atom stereocenters. The number of nitrogens with one attached hydrogen (secondary N) is 1. The zero-order chi connectivity index (χ0) is 30.8. The van der Waals surface area contributed by atoms with Gasteiger partial charge in [0.25, 0.3) is 0 Å². The number of benzene rings is 2. The predicted molar refractivity (Wildman–Crippen MR) is 155 cm³/mol. The van der Waals surface area contributed by atoms with Gasteiger partial charge in [-0.2, -0.15) is 0 Å². The summed E-state index contributed by atoms with van der Waals surface area (Å²) in [6.07, 6.45) is 3.03. The number of methoxy groups -OCH3 is 1. The van der Waals surface area contributed by atoms with Crippen molar-refractivity contribution in [2.24, 2.45) is 5.92 Å². The van der Waals surface area contributed by atoms with Crippen LogP contribution in [0.2, 0.25) is 5.02 Å². The molecule has 0 spiro atoms. The molecule has 12 heteroatoms. The number of amides is 3. The lowest BCUT2D eigenvalue weighted by atomic mass is 9.93. The predicted octanol–water partition coefficient (Wildman–Crippen LogP) is 5.07. The lowest BCUT2D eigenvalue weighted by Crippen LogP contribution is -2.56. The van der Waals surface area contributed by atoms with Crippen molar-refractivity contribution in [3.63, 3.8) is 0 Å². The number of fused-ring (bicyclic) bond motifs is 4. The second-order valence-electron chi connectivity index (χ2n) is 10.6. The zero-order valence-corrected chi connectivity index (χ0v) is 24.3. The molecule has 3 aromatic rings. The molecule has 0 unspecified atom stereocenters. The number of piperazine rings is 1. The lowest BCUT2D eigenvalue weighted by Gasteiger charge is -2.38. The van der Waals surface area contributed by atoms with Crippen molar-refractivity contribution in [2.75, 3.05) is 30.4 Å². The number of hydrogen-bond acceptors (Lipinski definition) is 6. The summed E-state index contributed by atoms with van der Waals surface area (Å²) in [6.45, 7) is 1.64. The second kappa shape index (κ2) is 12.5. The number of esters is 1. The van der Waals surface area contributed by atoms with E-state index in [4.69, 9.17) is 16.3 Å². The summed E-state index contributed by atoms with van der Waals surface area (Å²) >= 11 is 5.83. The molecule has 2 aromatic carbocycles. The largest absolute Gasteiger partial charge is 0.469 e. The summed E-state index contributed by atoms with van der Waals surface area (Å²) in [4.78, 5) is 58.4. The average molecular weight is 611 g/mol. The Morgan fingerprint density at radius 1 is 1.07 bits per heavy atom. The highest BCUT2D eigenvalue weighted by atomic mass is 35.5. The summed E-state index contributed by atoms with van der Waals surface area (Å²) in [6, 6.07) is 10.2. The molecule has 5 rings (SSSR count). The summed E-state index contributed by atoms with van der Waals surface area (Å²) in [7, 11) is 1.31. The van der Waals surface area contributed by atoms with Crippen LogP contribution in [0.15, 0.2) is 48.7 Å². The number of nitrogens with zero attached hydrogens (tertiary/aromatic N) is 3. The lowest BCUT2D eigenvalue weighted by molar-refractivity contribution is -0.148. The first-order chi connectivity index (χ1) is 20.6. The fourth-order valence-corrected chi connectivity index (χ4v) is 5.64. The van der Waals surface area contributed by atoms with E-state index in [1.807, 2.05) is 0 Å². The number of ether oxygens (including phenoxy) is 1. The van der Waals surface area contributed by atoms with E-state index in [9.17, 15) is 28.0 Å². The van der Waals surface area contributed by atoms with Gasteiger partial charge in [0.1, 0.15) is 11.5 Å². The summed E-state index contributed by atoms with van der Waals surface area (Å²) in [5.41, 5.74) is 2.41. The number of halogens is 3. The molecule has 0 saturated carbocycles. The van der Waals surface area contributed by atoms with E-state index in [-0.39, 0.29) is 36.4 Å². The van der Waals surface area contributed by atoms with Gasteiger partial charge in [-0.15, -0.1) is 0 Å². The van der Waals surface area contributed by atoms with Crippen molar-refractivity contribution in [1.29, 1.82) is 0 Å². The molecule has 1 N–H and O–H groups in total. The van der Waals surface area contributed by atoms with Crippen LogP contribution >= 0.6 is 11.6 Å². The van der Waals surface area contributed by atoms with Crippen molar-refractivity contribution >= 4 is 46.7 Å². The molecule has 2 aliphatic rings. The minimum atomic E-state index is -1.11. The van der Waals surface area contributed by atoms with Gasteiger partial charge in [0.2, 0.25) is 5.91 Å². The molecule has 9 nitrogen and oxygen atoms in total. The Bertz CT molecular complexity index is 1620. The van der Waals surface area contributed by atoms with Gasteiger partial charge in [0.05, 0.1) is 30.3 Å². The smallest absolute Gasteiger partial charge is 0.316 e.